The van der Waals surface area contributed by atoms with Crippen LogP contribution in [0.15, 0.2) is 54.9 Å². The third-order valence-electron chi connectivity index (χ3n) is 3.46. The van der Waals surface area contributed by atoms with Crippen molar-refractivity contribution in [3.63, 3.8) is 0 Å². The van der Waals surface area contributed by atoms with E-state index in [1.54, 1.807) is 36.7 Å². The van der Waals surface area contributed by atoms with Crippen LogP contribution in [0.25, 0.3) is 11.3 Å². The molecule has 0 aliphatic carbocycles. The maximum Gasteiger partial charge on any atom is 0.225 e. The monoisotopic (exact) mass is 337 g/mol. The highest BCUT2D eigenvalue weighted by Gasteiger charge is 2.07. The summed E-state index contributed by atoms with van der Waals surface area (Å²) in [5.41, 5.74) is 2.49. The largest absolute Gasteiger partial charge is 0.508 e. The topological polar surface area (TPSA) is 103 Å². The van der Waals surface area contributed by atoms with Gasteiger partial charge in [0, 0.05) is 42.9 Å². The summed E-state index contributed by atoms with van der Waals surface area (Å²) in [6, 6.07) is 12.3. The van der Waals surface area contributed by atoms with E-state index in [-0.39, 0.29) is 12.4 Å². The van der Waals surface area contributed by atoms with Crippen molar-refractivity contribution >= 4 is 17.5 Å². The van der Waals surface area contributed by atoms with E-state index in [2.05, 4.69) is 25.6 Å². The molecule has 0 fully saturated rings. The van der Waals surface area contributed by atoms with Crippen molar-refractivity contribution in [1.82, 2.24) is 15.0 Å². The van der Waals surface area contributed by atoms with Crippen LogP contribution in [0.1, 0.15) is 6.42 Å². The molecule has 1 aromatic carbocycles. The summed E-state index contributed by atoms with van der Waals surface area (Å²) in [5.74, 6) is 1.31. The second-order valence-electron chi connectivity index (χ2n) is 5.37. The van der Waals surface area contributed by atoms with E-state index in [0.717, 1.165) is 16.9 Å². The Balaban J connectivity index is 1.89. The maximum absolute atomic E-state index is 9.39. The van der Waals surface area contributed by atoms with E-state index in [4.69, 9.17) is 5.11 Å². The molecule has 0 saturated heterocycles. The second-order valence-corrected chi connectivity index (χ2v) is 5.37. The summed E-state index contributed by atoms with van der Waals surface area (Å²) < 4.78 is 0. The van der Waals surface area contributed by atoms with E-state index in [9.17, 15) is 5.11 Å². The zero-order valence-electron chi connectivity index (χ0n) is 13.6. The molecule has 128 valence electrons. The Hall–Kier alpha value is -3.19. The van der Waals surface area contributed by atoms with Gasteiger partial charge in [0.05, 0.1) is 5.69 Å². The number of phenolic OH excluding ortho intramolecular Hbond substituents is 1. The number of anilines is 3. The van der Waals surface area contributed by atoms with Crippen molar-refractivity contribution in [3.8, 4) is 17.0 Å². The Morgan fingerprint density at radius 1 is 0.960 bits per heavy atom. The molecule has 2 heterocycles. The third-order valence-corrected chi connectivity index (χ3v) is 3.46. The van der Waals surface area contributed by atoms with Gasteiger partial charge >= 0.3 is 0 Å². The first kappa shape index (κ1) is 16.7. The number of aromatic hydroxyl groups is 1. The number of rotatable bonds is 7. The molecule has 0 saturated carbocycles. The lowest BCUT2D eigenvalue weighted by Crippen LogP contribution is -2.08. The van der Waals surface area contributed by atoms with E-state index in [1.807, 2.05) is 18.2 Å². The molecule has 2 aromatic heterocycles. The predicted molar refractivity (Wildman–Crippen MR) is 96.8 cm³/mol. The first-order valence-corrected chi connectivity index (χ1v) is 7.95. The molecule has 0 radical (unpaired) electrons. The third kappa shape index (κ3) is 4.65. The summed E-state index contributed by atoms with van der Waals surface area (Å²) in [7, 11) is 0. The molecule has 7 nitrogen and oxygen atoms in total. The van der Waals surface area contributed by atoms with Crippen molar-refractivity contribution in [1.29, 1.82) is 0 Å². The number of pyridine rings is 1. The number of hydrogen-bond acceptors (Lipinski definition) is 7. The molecule has 3 aromatic rings. The van der Waals surface area contributed by atoms with Gasteiger partial charge in [0.2, 0.25) is 5.95 Å². The molecule has 0 unspecified atom stereocenters. The number of aliphatic hydroxyl groups excluding tert-OH is 1. The smallest absolute Gasteiger partial charge is 0.225 e. The maximum atomic E-state index is 9.39. The fourth-order valence-electron chi connectivity index (χ4n) is 2.23. The van der Waals surface area contributed by atoms with Gasteiger partial charge in [-0.25, -0.2) is 4.98 Å². The standard InChI is InChI=1S/C18H19N5O2/c24-11-1-8-20-18-22-16(13-6-9-19-10-7-13)12-17(23-18)21-14-2-4-15(25)5-3-14/h2-7,9-10,12,24-25H,1,8,11H2,(H2,20,21,22,23). The van der Waals surface area contributed by atoms with E-state index >= 15 is 0 Å². The highest BCUT2D eigenvalue weighted by Crippen LogP contribution is 2.24. The van der Waals surface area contributed by atoms with Crippen LogP contribution in [0.2, 0.25) is 0 Å². The first-order chi connectivity index (χ1) is 12.2. The molecule has 0 amide bonds. The van der Waals surface area contributed by atoms with Crippen molar-refractivity contribution < 1.29 is 10.2 Å². The summed E-state index contributed by atoms with van der Waals surface area (Å²) in [6.07, 6.45) is 4.04. The summed E-state index contributed by atoms with van der Waals surface area (Å²) in [6.45, 7) is 0.685. The lowest BCUT2D eigenvalue weighted by Gasteiger charge is -2.11. The fourth-order valence-corrected chi connectivity index (χ4v) is 2.23. The van der Waals surface area contributed by atoms with Gasteiger partial charge in [-0.3, -0.25) is 4.98 Å². The molecule has 0 aliphatic rings. The van der Waals surface area contributed by atoms with Crippen molar-refractivity contribution in [2.45, 2.75) is 6.42 Å². The van der Waals surface area contributed by atoms with Crippen molar-refractivity contribution in [2.24, 2.45) is 0 Å². The van der Waals surface area contributed by atoms with Gasteiger partial charge in [-0.05, 0) is 42.8 Å². The number of benzene rings is 1. The Kier molecular flexibility index (Phi) is 5.38. The minimum absolute atomic E-state index is 0.107. The van der Waals surface area contributed by atoms with E-state index < -0.39 is 0 Å². The number of aliphatic hydroxyl groups is 1. The molecule has 3 rings (SSSR count). The van der Waals surface area contributed by atoms with Gasteiger partial charge in [-0.1, -0.05) is 0 Å². The minimum atomic E-state index is 0.107. The quantitative estimate of drug-likeness (QED) is 0.388. The second kappa shape index (κ2) is 8.07. The molecule has 0 spiro atoms. The van der Waals surface area contributed by atoms with Gasteiger partial charge < -0.3 is 20.8 Å². The Morgan fingerprint density at radius 3 is 2.44 bits per heavy atom. The van der Waals surface area contributed by atoms with Gasteiger partial charge in [-0.2, -0.15) is 4.98 Å². The average molecular weight is 337 g/mol. The molecule has 0 aliphatic heterocycles. The first-order valence-electron chi connectivity index (χ1n) is 7.95. The molecule has 4 N–H and O–H groups in total. The zero-order chi connectivity index (χ0) is 17.5. The fraction of sp³-hybridized carbons (Fsp3) is 0.167. The number of aromatic nitrogens is 3. The normalized spacial score (nSPS) is 10.4. The van der Waals surface area contributed by atoms with Crippen LogP contribution >= 0.6 is 0 Å². The SMILES string of the molecule is OCCCNc1nc(Nc2ccc(O)cc2)cc(-c2ccncc2)n1. The highest BCUT2D eigenvalue weighted by atomic mass is 16.3. The van der Waals surface area contributed by atoms with Crippen LogP contribution in [0.3, 0.4) is 0 Å². The Morgan fingerprint density at radius 2 is 1.72 bits per heavy atom. The Bertz CT molecular complexity index is 809. The zero-order valence-corrected chi connectivity index (χ0v) is 13.6. The Labute approximate surface area is 145 Å². The van der Waals surface area contributed by atoms with Crippen LogP contribution in [0.4, 0.5) is 17.5 Å². The van der Waals surface area contributed by atoms with Crippen LogP contribution in [0, 0.1) is 0 Å². The van der Waals surface area contributed by atoms with E-state index in [1.165, 1.54) is 0 Å². The highest BCUT2D eigenvalue weighted by molar-refractivity contribution is 5.67. The predicted octanol–water partition coefficient (Wildman–Crippen LogP) is 2.78. The van der Waals surface area contributed by atoms with Crippen LogP contribution in [-0.4, -0.2) is 38.3 Å². The number of phenols is 1. The summed E-state index contributed by atoms with van der Waals surface area (Å²) >= 11 is 0. The van der Waals surface area contributed by atoms with Gasteiger partial charge in [-0.15, -0.1) is 0 Å². The summed E-state index contributed by atoms with van der Waals surface area (Å²) in [4.78, 5) is 13.0. The molecular formula is C18H19N5O2. The van der Waals surface area contributed by atoms with Gasteiger partial charge in [0.1, 0.15) is 11.6 Å². The number of hydrogen-bond donors (Lipinski definition) is 4. The minimum Gasteiger partial charge on any atom is -0.508 e. The number of nitrogens with one attached hydrogen (secondary N) is 2. The van der Waals surface area contributed by atoms with Crippen LogP contribution in [0.5, 0.6) is 5.75 Å². The molecule has 0 bridgehead atoms. The molecule has 0 atom stereocenters. The molecular weight excluding hydrogens is 318 g/mol. The lowest BCUT2D eigenvalue weighted by molar-refractivity contribution is 0.292. The van der Waals surface area contributed by atoms with Crippen LogP contribution in [-0.2, 0) is 0 Å². The summed E-state index contributed by atoms with van der Waals surface area (Å²) in [5, 5.41) is 24.6. The molecule has 7 heteroatoms. The lowest BCUT2D eigenvalue weighted by atomic mass is 10.2. The van der Waals surface area contributed by atoms with Crippen molar-refractivity contribution in [2.75, 3.05) is 23.8 Å². The van der Waals surface area contributed by atoms with E-state index in [0.29, 0.717) is 24.7 Å². The average Bonchev–Trinajstić information content (AvgIpc) is 2.64. The van der Waals surface area contributed by atoms with Crippen molar-refractivity contribution in [3.05, 3.63) is 54.9 Å². The van der Waals surface area contributed by atoms with Gasteiger partial charge in [0.15, 0.2) is 0 Å². The number of nitrogens with zero attached hydrogens (tertiary/aromatic N) is 3. The van der Waals surface area contributed by atoms with Crippen LogP contribution < -0.4 is 10.6 Å². The molecule has 25 heavy (non-hydrogen) atoms. The van der Waals surface area contributed by atoms with Gasteiger partial charge in [0.25, 0.3) is 0 Å².